The second-order valence-corrected chi connectivity index (χ2v) is 12.0. The minimum Gasteiger partial charge on any atom is -0.352 e. The maximum Gasteiger partial charge on any atom is 0.224 e. The molecule has 0 unspecified atom stereocenters. The largest absolute Gasteiger partial charge is 0.352 e. The Kier molecular flexibility index (Phi) is 5.80. The van der Waals surface area contributed by atoms with E-state index >= 15 is 0 Å². The normalized spacial score (nSPS) is 11.9. The van der Waals surface area contributed by atoms with Crippen molar-refractivity contribution in [3.63, 3.8) is 0 Å². The predicted molar refractivity (Wildman–Crippen MR) is 153 cm³/mol. The number of hydrogen-bond donors (Lipinski definition) is 3. The minimum absolute atomic E-state index is 0.0395. The molecule has 0 aromatic carbocycles. The third kappa shape index (κ3) is 4.68. The molecule has 0 spiro atoms. The molecule has 190 valence electrons. The summed E-state index contributed by atoms with van der Waals surface area (Å²) in [7, 11) is 0. The molecule has 0 bridgehead atoms. The van der Waals surface area contributed by atoms with Gasteiger partial charge in [0.15, 0.2) is 0 Å². The number of carbonyl (C=O) groups excluding carboxylic acids is 1. The van der Waals surface area contributed by atoms with Crippen LogP contribution in [0, 0.1) is 12.3 Å². The second-order valence-electron chi connectivity index (χ2n) is 10.7. The molecule has 0 radical (unpaired) electrons. The number of rotatable bonds is 5. The van der Waals surface area contributed by atoms with E-state index in [0.717, 1.165) is 50.0 Å². The number of aromatic amines is 2. The topological polar surface area (TPSA) is 112 Å². The van der Waals surface area contributed by atoms with Gasteiger partial charge >= 0.3 is 0 Å². The number of aryl methyl sites for hydroxylation is 1. The summed E-state index contributed by atoms with van der Waals surface area (Å²) in [4.78, 5) is 31.8. The van der Waals surface area contributed by atoms with Crippen LogP contribution in [0.25, 0.3) is 54.9 Å². The highest BCUT2D eigenvalue weighted by Crippen LogP contribution is 2.36. The average molecular weight is 522 g/mol. The fourth-order valence-electron chi connectivity index (χ4n) is 4.57. The number of H-pyrrole nitrogens is 2. The molecular formula is C29H27N7OS. The van der Waals surface area contributed by atoms with Gasteiger partial charge in [0.1, 0.15) is 5.69 Å². The monoisotopic (exact) mass is 521 g/mol. The van der Waals surface area contributed by atoms with Gasteiger partial charge in [0, 0.05) is 50.5 Å². The van der Waals surface area contributed by atoms with Gasteiger partial charge in [-0.15, -0.1) is 11.3 Å². The minimum atomic E-state index is -0.0957. The number of thiophene rings is 1. The van der Waals surface area contributed by atoms with Crippen molar-refractivity contribution in [2.24, 2.45) is 5.41 Å². The van der Waals surface area contributed by atoms with Crippen molar-refractivity contribution in [1.82, 2.24) is 30.1 Å². The van der Waals surface area contributed by atoms with Gasteiger partial charge in [-0.2, -0.15) is 5.10 Å². The SMILES string of the molecule is Cc1ccc(-c2cncc3[nH]c(-c4n[nH]c5cnc(-c6cncc(NC(=O)CC(C)(C)C)c6)cc45)cc23)s1. The first-order chi connectivity index (χ1) is 18.2. The maximum atomic E-state index is 12.4. The number of anilines is 1. The van der Waals surface area contributed by atoms with Gasteiger partial charge in [0.25, 0.3) is 0 Å². The Labute approximate surface area is 223 Å². The third-order valence-corrected chi connectivity index (χ3v) is 7.30. The quantitative estimate of drug-likeness (QED) is 0.227. The summed E-state index contributed by atoms with van der Waals surface area (Å²) in [6, 6.07) is 10.3. The molecule has 6 aromatic heterocycles. The van der Waals surface area contributed by atoms with E-state index in [4.69, 9.17) is 0 Å². The molecular weight excluding hydrogens is 494 g/mol. The van der Waals surface area contributed by atoms with Crippen LogP contribution in [0.15, 0.2) is 61.3 Å². The number of amides is 1. The Morgan fingerprint density at radius 3 is 2.61 bits per heavy atom. The van der Waals surface area contributed by atoms with Gasteiger partial charge < -0.3 is 10.3 Å². The van der Waals surface area contributed by atoms with E-state index in [9.17, 15) is 4.79 Å². The van der Waals surface area contributed by atoms with Crippen molar-refractivity contribution in [3.8, 4) is 33.1 Å². The van der Waals surface area contributed by atoms with Crippen molar-refractivity contribution < 1.29 is 4.79 Å². The number of nitrogens with zero attached hydrogens (tertiary/aromatic N) is 4. The lowest BCUT2D eigenvalue weighted by Gasteiger charge is -2.17. The Bertz CT molecular complexity index is 1800. The summed E-state index contributed by atoms with van der Waals surface area (Å²) in [6.45, 7) is 8.22. The van der Waals surface area contributed by atoms with E-state index in [1.165, 1.54) is 9.75 Å². The fourth-order valence-corrected chi connectivity index (χ4v) is 5.46. The molecule has 38 heavy (non-hydrogen) atoms. The zero-order valence-corrected chi connectivity index (χ0v) is 22.4. The summed E-state index contributed by atoms with van der Waals surface area (Å²) in [5, 5.41) is 12.7. The first-order valence-corrected chi connectivity index (χ1v) is 13.2. The molecule has 9 heteroatoms. The van der Waals surface area contributed by atoms with Crippen LogP contribution in [0.5, 0.6) is 0 Å². The molecule has 0 aliphatic heterocycles. The highest BCUT2D eigenvalue weighted by atomic mass is 32.1. The van der Waals surface area contributed by atoms with E-state index in [1.807, 2.05) is 45.3 Å². The van der Waals surface area contributed by atoms with E-state index < -0.39 is 0 Å². The van der Waals surface area contributed by atoms with Crippen LogP contribution < -0.4 is 5.32 Å². The zero-order chi connectivity index (χ0) is 26.4. The van der Waals surface area contributed by atoms with Crippen molar-refractivity contribution in [3.05, 3.63) is 66.2 Å². The molecule has 0 saturated carbocycles. The summed E-state index contributed by atoms with van der Waals surface area (Å²) >= 11 is 1.76. The van der Waals surface area contributed by atoms with Gasteiger partial charge in [-0.25, -0.2) is 0 Å². The summed E-state index contributed by atoms with van der Waals surface area (Å²) in [5.74, 6) is -0.0395. The van der Waals surface area contributed by atoms with Crippen LogP contribution in [0.1, 0.15) is 32.1 Å². The van der Waals surface area contributed by atoms with E-state index in [0.29, 0.717) is 12.1 Å². The first kappa shape index (κ1) is 24.0. The Hall–Kier alpha value is -4.37. The number of pyridine rings is 3. The Morgan fingerprint density at radius 1 is 0.974 bits per heavy atom. The standard InChI is InChI=1S/C29H27N7OS/c1-16-5-6-26(38-16)21-13-31-14-24-19(21)8-23(34-24)28-20-9-22(32-15-25(20)35-36-28)17-7-18(12-30-11-17)33-27(37)10-29(2,3)4/h5-9,11-15,34H,10H2,1-4H3,(H,33,37)(H,35,36). The molecule has 0 saturated heterocycles. The van der Waals surface area contributed by atoms with Crippen LogP contribution >= 0.6 is 11.3 Å². The van der Waals surface area contributed by atoms with Crippen molar-refractivity contribution in [1.29, 1.82) is 0 Å². The summed E-state index contributed by atoms with van der Waals surface area (Å²) in [6.07, 6.45) is 9.35. The second kappa shape index (κ2) is 9.18. The van der Waals surface area contributed by atoms with Crippen LogP contribution in [0.4, 0.5) is 5.69 Å². The number of nitrogens with one attached hydrogen (secondary N) is 3. The smallest absolute Gasteiger partial charge is 0.224 e. The molecule has 3 N–H and O–H groups in total. The van der Waals surface area contributed by atoms with E-state index in [2.05, 4.69) is 60.6 Å². The maximum absolute atomic E-state index is 12.4. The molecule has 1 amide bonds. The first-order valence-electron chi connectivity index (χ1n) is 12.4. The van der Waals surface area contributed by atoms with Crippen molar-refractivity contribution in [2.75, 3.05) is 5.32 Å². The summed E-state index contributed by atoms with van der Waals surface area (Å²) in [5.41, 5.74) is 6.68. The van der Waals surface area contributed by atoms with Gasteiger partial charge in [-0.3, -0.25) is 24.8 Å². The van der Waals surface area contributed by atoms with Crippen LogP contribution in [0.2, 0.25) is 0 Å². The molecule has 0 fully saturated rings. The van der Waals surface area contributed by atoms with Crippen LogP contribution in [-0.2, 0) is 4.79 Å². The molecule has 0 atom stereocenters. The van der Waals surface area contributed by atoms with Crippen molar-refractivity contribution in [2.45, 2.75) is 34.1 Å². The molecule has 0 aliphatic rings. The molecule has 6 aromatic rings. The average Bonchev–Trinajstić information content (AvgIpc) is 3.60. The van der Waals surface area contributed by atoms with Crippen molar-refractivity contribution >= 4 is 44.7 Å². The van der Waals surface area contributed by atoms with Crippen LogP contribution in [0.3, 0.4) is 0 Å². The van der Waals surface area contributed by atoms with Crippen LogP contribution in [-0.4, -0.2) is 36.0 Å². The van der Waals surface area contributed by atoms with E-state index in [1.54, 1.807) is 29.9 Å². The van der Waals surface area contributed by atoms with E-state index in [-0.39, 0.29) is 11.3 Å². The molecule has 0 aliphatic carbocycles. The predicted octanol–water partition coefficient (Wildman–Crippen LogP) is 6.97. The number of fused-ring (bicyclic) bond motifs is 2. The number of hydrogen-bond acceptors (Lipinski definition) is 6. The third-order valence-electron chi connectivity index (χ3n) is 6.26. The van der Waals surface area contributed by atoms with Gasteiger partial charge in [-0.1, -0.05) is 20.8 Å². The Morgan fingerprint density at radius 2 is 1.82 bits per heavy atom. The van der Waals surface area contributed by atoms with Gasteiger partial charge in [-0.05, 0) is 42.7 Å². The highest BCUT2D eigenvalue weighted by molar-refractivity contribution is 7.15. The number of carbonyl (C=O) groups is 1. The van der Waals surface area contributed by atoms with Gasteiger partial charge in [0.05, 0.1) is 46.7 Å². The van der Waals surface area contributed by atoms with Gasteiger partial charge in [0.2, 0.25) is 5.91 Å². The lowest BCUT2D eigenvalue weighted by Crippen LogP contribution is -2.19. The highest BCUT2D eigenvalue weighted by Gasteiger charge is 2.18. The lowest BCUT2D eigenvalue weighted by molar-refractivity contribution is -0.117. The fraction of sp³-hybridized carbons (Fsp3) is 0.207. The number of aromatic nitrogens is 6. The Balaban J connectivity index is 1.36. The lowest BCUT2D eigenvalue weighted by atomic mass is 9.92. The summed E-state index contributed by atoms with van der Waals surface area (Å²) < 4.78 is 0. The molecule has 6 rings (SSSR count). The zero-order valence-electron chi connectivity index (χ0n) is 21.6. The molecule has 6 heterocycles. The molecule has 8 nitrogen and oxygen atoms in total.